The summed E-state index contributed by atoms with van der Waals surface area (Å²) >= 11 is 7.90. The molecule has 1 aromatic heterocycles. The molecule has 0 spiro atoms. The Morgan fingerprint density at radius 1 is 1.13 bits per heavy atom. The minimum atomic E-state index is 0.154. The van der Waals surface area contributed by atoms with Gasteiger partial charge in [0.25, 0.3) is 0 Å². The monoisotopic (exact) mass is 345 g/mol. The van der Waals surface area contributed by atoms with Gasteiger partial charge in [-0.05, 0) is 30.7 Å². The van der Waals surface area contributed by atoms with Gasteiger partial charge in [0, 0.05) is 10.3 Å². The Labute approximate surface area is 144 Å². The number of benzene rings is 2. The van der Waals surface area contributed by atoms with Gasteiger partial charge < -0.3 is 4.74 Å². The SMILES string of the molecule is COc1ccccc1-n1cnnc1S[C@H](C)c1ccccc1Cl. The Morgan fingerprint density at radius 3 is 2.65 bits per heavy atom. The molecule has 0 radical (unpaired) electrons. The molecule has 0 fully saturated rings. The van der Waals surface area contributed by atoms with E-state index in [1.54, 1.807) is 25.2 Å². The molecule has 0 N–H and O–H groups in total. The predicted octanol–water partition coefficient (Wildman–Crippen LogP) is 4.78. The number of halogens is 1. The molecule has 0 aliphatic heterocycles. The molecular weight excluding hydrogens is 330 g/mol. The molecule has 6 heteroatoms. The predicted molar refractivity (Wildman–Crippen MR) is 93.6 cm³/mol. The molecule has 0 aliphatic carbocycles. The van der Waals surface area contributed by atoms with Gasteiger partial charge >= 0.3 is 0 Å². The fourth-order valence-corrected chi connectivity index (χ4v) is 3.69. The van der Waals surface area contributed by atoms with Crippen LogP contribution < -0.4 is 4.74 Å². The Morgan fingerprint density at radius 2 is 1.87 bits per heavy atom. The topological polar surface area (TPSA) is 39.9 Å². The summed E-state index contributed by atoms with van der Waals surface area (Å²) in [7, 11) is 1.66. The number of thioether (sulfide) groups is 1. The van der Waals surface area contributed by atoms with E-state index >= 15 is 0 Å². The lowest BCUT2D eigenvalue weighted by molar-refractivity contribution is 0.412. The molecule has 0 saturated carbocycles. The summed E-state index contributed by atoms with van der Waals surface area (Å²) in [6.45, 7) is 2.10. The summed E-state index contributed by atoms with van der Waals surface area (Å²) in [6.07, 6.45) is 1.69. The Balaban J connectivity index is 1.91. The third-order valence-electron chi connectivity index (χ3n) is 3.49. The molecule has 0 aliphatic rings. The van der Waals surface area contributed by atoms with Crippen LogP contribution in [-0.4, -0.2) is 21.9 Å². The van der Waals surface area contributed by atoms with Crippen LogP contribution in [0.15, 0.2) is 60.0 Å². The van der Waals surface area contributed by atoms with E-state index in [2.05, 4.69) is 17.1 Å². The standard InChI is InChI=1S/C17H16ClN3OS/c1-12(13-7-3-4-8-14(13)18)23-17-20-19-11-21(17)15-9-5-6-10-16(15)22-2/h3-12H,1-2H3/t12-/m1/s1. The van der Waals surface area contributed by atoms with Crippen LogP contribution in [0.5, 0.6) is 5.75 Å². The molecule has 23 heavy (non-hydrogen) atoms. The molecule has 0 saturated heterocycles. The molecule has 1 heterocycles. The van der Waals surface area contributed by atoms with Crippen LogP contribution in [0.1, 0.15) is 17.7 Å². The van der Waals surface area contributed by atoms with Crippen LogP contribution in [0, 0.1) is 0 Å². The van der Waals surface area contributed by atoms with Gasteiger partial charge in [0.05, 0.1) is 12.8 Å². The van der Waals surface area contributed by atoms with E-state index in [0.717, 1.165) is 27.2 Å². The van der Waals surface area contributed by atoms with Gasteiger partial charge in [0.1, 0.15) is 12.1 Å². The zero-order valence-corrected chi connectivity index (χ0v) is 14.4. The lowest BCUT2D eigenvalue weighted by Gasteiger charge is -2.14. The van der Waals surface area contributed by atoms with Crippen LogP contribution in [0.3, 0.4) is 0 Å². The van der Waals surface area contributed by atoms with Gasteiger partial charge in [-0.3, -0.25) is 4.57 Å². The number of hydrogen-bond acceptors (Lipinski definition) is 4. The van der Waals surface area contributed by atoms with Crippen molar-refractivity contribution in [2.24, 2.45) is 0 Å². The first-order valence-electron chi connectivity index (χ1n) is 7.15. The van der Waals surface area contributed by atoms with Crippen molar-refractivity contribution in [3.8, 4) is 11.4 Å². The van der Waals surface area contributed by atoms with E-state index in [4.69, 9.17) is 16.3 Å². The Bertz CT molecular complexity index is 806. The lowest BCUT2D eigenvalue weighted by atomic mass is 10.2. The fraction of sp³-hybridized carbons (Fsp3) is 0.176. The van der Waals surface area contributed by atoms with Gasteiger partial charge in [0.2, 0.25) is 0 Å². The molecule has 0 unspecified atom stereocenters. The molecule has 3 aromatic rings. The first kappa shape index (κ1) is 15.9. The van der Waals surface area contributed by atoms with Crippen molar-refractivity contribution in [3.63, 3.8) is 0 Å². The van der Waals surface area contributed by atoms with Crippen LogP contribution in [0.25, 0.3) is 5.69 Å². The van der Waals surface area contributed by atoms with Gasteiger partial charge in [-0.15, -0.1) is 10.2 Å². The van der Waals surface area contributed by atoms with Crippen LogP contribution in [0.2, 0.25) is 5.02 Å². The Hall–Kier alpha value is -1.98. The maximum atomic E-state index is 6.29. The molecule has 4 nitrogen and oxygen atoms in total. The zero-order chi connectivity index (χ0) is 16.2. The van der Waals surface area contributed by atoms with E-state index < -0.39 is 0 Å². The first-order chi connectivity index (χ1) is 11.2. The van der Waals surface area contributed by atoms with Gasteiger partial charge in [-0.2, -0.15) is 0 Å². The number of ether oxygens (including phenoxy) is 1. The normalized spacial score (nSPS) is 12.1. The van der Waals surface area contributed by atoms with Crippen molar-refractivity contribution < 1.29 is 4.74 Å². The molecule has 0 amide bonds. The maximum absolute atomic E-state index is 6.29. The summed E-state index contributed by atoms with van der Waals surface area (Å²) in [5.41, 5.74) is 1.99. The number of rotatable bonds is 5. The quantitative estimate of drug-likeness (QED) is 0.624. The van der Waals surface area contributed by atoms with E-state index in [9.17, 15) is 0 Å². The molecular formula is C17H16ClN3OS. The molecule has 118 valence electrons. The molecule has 0 bridgehead atoms. The van der Waals surface area contributed by atoms with Crippen molar-refractivity contribution in [1.82, 2.24) is 14.8 Å². The van der Waals surface area contributed by atoms with Crippen molar-refractivity contribution in [3.05, 3.63) is 65.4 Å². The molecule has 2 aromatic carbocycles. The highest BCUT2D eigenvalue weighted by atomic mass is 35.5. The van der Waals surface area contributed by atoms with Gasteiger partial charge in [-0.25, -0.2) is 0 Å². The van der Waals surface area contributed by atoms with Crippen LogP contribution >= 0.6 is 23.4 Å². The molecule has 1 atom stereocenters. The largest absolute Gasteiger partial charge is 0.495 e. The minimum absolute atomic E-state index is 0.154. The number of aromatic nitrogens is 3. The highest BCUT2D eigenvalue weighted by Gasteiger charge is 2.17. The third-order valence-corrected chi connectivity index (χ3v) is 4.93. The highest BCUT2D eigenvalue weighted by Crippen LogP contribution is 2.38. The second-order valence-corrected chi connectivity index (χ2v) is 6.65. The van der Waals surface area contributed by atoms with E-state index in [-0.39, 0.29) is 5.25 Å². The maximum Gasteiger partial charge on any atom is 0.196 e. The van der Waals surface area contributed by atoms with E-state index in [1.807, 2.05) is 53.1 Å². The summed E-state index contributed by atoms with van der Waals surface area (Å²) in [5, 5.41) is 9.99. The first-order valence-corrected chi connectivity index (χ1v) is 8.41. The average Bonchev–Trinajstić information content (AvgIpc) is 3.03. The van der Waals surface area contributed by atoms with Crippen molar-refractivity contribution in [2.45, 2.75) is 17.3 Å². The summed E-state index contributed by atoms with van der Waals surface area (Å²) < 4.78 is 7.35. The third kappa shape index (κ3) is 3.35. The van der Waals surface area contributed by atoms with Crippen molar-refractivity contribution >= 4 is 23.4 Å². The van der Waals surface area contributed by atoms with Crippen molar-refractivity contribution in [1.29, 1.82) is 0 Å². The molecule has 3 rings (SSSR count). The zero-order valence-electron chi connectivity index (χ0n) is 12.8. The minimum Gasteiger partial charge on any atom is -0.495 e. The summed E-state index contributed by atoms with van der Waals surface area (Å²) in [5.74, 6) is 0.777. The van der Waals surface area contributed by atoms with Gasteiger partial charge in [0.15, 0.2) is 5.16 Å². The smallest absolute Gasteiger partial charge is 0.196 e. The lowest BCUT2D eigenvalue weighted by Crippen LogP contribution is -2.00. The Kier molecular flexibility index (Phi) is 4.88. The number of para-hydroxylation sites is 2. The second kappa shape index (κ2) is 7.06. The summed E-state index contributed by atoms with van der Waals surface area (Å²) in [4.78, 5) is 0. The highest BCUT2D eigenvalue weighted by molar-refractivity contribution is 7.99. The van der Waals surface area contributed by atoms with Crippen LogP contribution in [-0.2, 0) is 0 Å². The summed E-state index contributed by atoms with van der Waals surface area (Å²) in [6, 6.07) is 15.6. The van der Waals surface area contributed by atoms with E-state index in [1.165, 1.54) is 0 Å². The van der Waals surface area contributed by atoms with Crippen molar-refractivity contribution in [2.75, 3.05) is 7.11 Å². The number of hydrogen-bond donors (Lipinski definition) is 0. The van der Waals surface area contributed by atoms with E-state index in [0.29, 0.717) is 0 Å². The fourth-order valence-electron chi connectivity index (χ4n) is 2.33. The number of nitrogens with zero attached hydrogens (tertiary/aromatic N) is 3. The average molecular weight is 346 g/mol. The second-order valence-electron chi connectivity index (χ2n) is 4.94. The van der Waals surface area contributed by atoms with Crippen LogP contribution in [0.4, 0.5) is 0 Å². The number of methoxy groups -OCH3 is 1. The van der Waals surface area contributed by atoms with Gasteiger partial charge in [-0.1, -0.05) is 53.7 Å².